The number of rotatable bonds is 4. The van der Waals surface area contributed by atoms with Crippen LogP contribution in [0.1, 0.15) is 26.7 Å². The van der Waals surface area contributed by atoms with Crippen molar-refractivity contribution in [3.05, 3.63) is 21.0 Å². The minimum absolute atomic E-state index is 0.0949. The minimum Gasteiger partial charge on any atom is -0.365 e. The van der Waals surface area contributed by atoms with E-state index in [4.69, 9.17) is 0 Å². The number of anilines is 1. The summed E-state index contributed by atoms with van der Waals surface area (Å²) in [4.78, 5) is 14.2. The molecule has 2 rings (SSSR count). The van der Waals surface area contributed by atoms with Crippen LogP contribution in [-0.2, 0) is 7.05 Å². The van der Waals surface area contributed by atoms with Gasteiger partial charge in [-0.05, 0) is 49.2 Å². The van der Waals surface area contributed by atoms with E-state index >= 15 is 0 Å². The SMILES string of the molecule is CC(C)N(CC1CCCN1)c1cnn(C)c(=O)c1Br. The third-order valence-corrected chi connectivity index (χ3v) is 4.32. The fraction of sp³-hybridized carbons (Fsp3) is 0.692. The molecule has 0 amide bonds. The number of hydrogen-bond acceptors (Lipinski definition) is 4. The second-order valence-electron chi connectivity index (χ2n) is 5.31. The lowest BCUT2D eigenvalue weighted by Crippen LogP contribution is -2.42. The average Bonchev–Trinajstić information content (AvgIpc) is 2.87. The fourth-order valence-corrected chi connectivity index (χ4v) is 3.03. The van der Waals surface area contributed by atoms with Crippen molar-refractivity contribution in [1.82, 2.24) is 15.1 Å². The van der Waals surface area contributed by atoms with Gasteiger partial charge in [-0.1, -0.05) is 0 Å². The topological polar surface area (TPSA) is 50.2 Å². The second kappa shape index (κ2) is 6.05. The standard InChI is InChI=1S/C13H21BrN4O/c1-9(2)18(8-10-5-4-6-15-10)11-7-16-17(3)13(19)12(11)14/h7,9-10,15H,4-6,8H2,1-3H3. The Morgan fingerprint density at radius 2 is 2.37 bits per heavy atom. The largest absolute Gasteiger partial charge is 0.365 e. The van der Waals surface area contributed by atoms with Crippen molar-refractivity contribution in [3.63, 3.8) is 0 Å². The van der Waals surface area contributed by atoms with Crippen LogP contribution in [0, 0.1) is 0 Å². The van der Waals surface area contributed by atoms with E-state index < -0.39 is 0 Å². The summed E-state index contributed by atoms with van der Waals surface area (Å²) in [7, 11) is 1.66. The Morgan fingerprint density at radius 3 is 2.95 bits per heavy atom. The molecule has 1 N–H and O–H groups in total. The van der Waals surface area contributed by atoms with E-state index in [9.17, 15) is 4.79 Å². The molecular formula is C13H21BrN4O. The zero-order valence-electron chi connectivity index (χ0n) is 11.7. The van der Waals surface area contributed by atoms with Crippen LogP contribution >= 0.6 is 15.9 Å². The van der Waals surface area contributed by atoms with Crippen molar-refractivity contribution in [2.24, 2.45) is 7.05 Å². The first-order valence-corrected chi connectivity index (χ1v) is 7.52. The molecule has 0 aliphatic carbocycles. The van der Waals surface area contributed by atoms with Gasteiger partial charge >= 0.3 is 0 Å². The molecule has 1 aromatic heterocycles. The monoisotopic (exact) mass is 328 g/mol. The van der Waals surface area contributed by atoms with E-state index in [1.807, 2.05) is 0 Å². The number of halogens is 1. The highest BCUT2D eigenvalue weighted by molar-refractivity contribution is 9.10. The molecule has 1 aliphatic rings. The van der Waals surface area contributed by atoms with Crippen molar-refractivity contribution in [2.75, 3.05) is 18.0 Å². The van der Waals surface area contributed by atoms with Gasteiger partial charge in [-0.3, -0.25) is 4.79 Å². The Morgan fingerprint density at radius 1 is 1.63 bits per heavy atom. The van der Waals surface area contributed by atoms with Crippen LogP contribution in [0.5, 0.6) is 0 Å². The van der Waals surface area contributed by atoms with Crippen LogP contribution in [-0.4, -0.2) is 35.0 Å². The lowest BCUT2D eigenvalue weighted by molar-refractivity contribution is 0.549. The van der Waals surface area contributed by atoms with Gasteiger partial charge in [0.25, 0.3) is 5.56 Å². The molecule has 6 heteroatoms. The smallest absolute Gasteiger partial charge is 0.282 e. The van der Waals surface area contributed by atoms with E-state index in [1.54, 1.807) is 13.2 Å². The van der Waals surface area contributed by atoms with Crippen molar-refractivity contribution in [3.8, 4) is 0 Å². The third kappa shape index (κ3) is 3.17. The lowest BCUT2D eigenvalue weighted by Gasteiger charge is -2.32. The second-order valence-corrected chi connectivity index (χ2v) is 6.10. The number of nitrogens with one attached hydrogen (secondary N) is 1. The van der Waals surface area contributed by atoms with Gasteiger partial charge in [0.1, 0.15) is 4.47 Å². The molecule has 1 saturated heterocycles. The Balaban J connectivity index is 2.28. The Kier molecular flexibility index (Phi) is 4.62. The van der Waals surface area contributed by atoms with Gasteiger partial charge < -0.3 is 10.2 Å². The molecule has 1 atom stereocenters. The zero-order chi connectivity index (χ0) is 14.0. The van der Waals surface area contributed by atoms with Gasteiger partial charge in [-0.15, -0.1) is 0 Å². The number of nitrogens with zero attached hydrogens (tertiary/aromatic N) is 3. The van der Waals surface area contributed by atoms with Gasteiger partial charge in [-0.25, -0.2) is 4.68 Å². The normalized spacial score (nSPS) is 19.1. The molecule has 0 aromatic carbocycles. The van der Waals surface area contributed by atoms with Crippen molar-refractivity contribution in [1.29, 1.82) is 0 Å². The first kappa shape index (κ1) is 14.5. The molecule has 2 heterocycles. The molecule has 0 radical (unpaired) electrons. The van der Waals surface area contributed by atoms with E-state index in [-0.39, 0.29) is 5.56 Å². The highest BCUT2D eigenvalue weighted by atomic mass is 79.9. The van der Waals surface area contributed by atoms with Gasteiger partial charge in [0, 0.05) is 25.7 Å². The van der Waals surface area contributed by atoms with Crippen LogP contribution < -0.4 is 15.8 Å². The van der Waals surface area contributed by atoms with E-state index in [0.717, 1.165) is 18.8 Å². The highest BCUT2D eigenvalue weighted by Gasteiger charge is 2.22. The Labute approximate surface area is 122 Å². The summed E-state index contributed by atoms with van der Waals surface area (Å²) in [5, 5.41) is 7.63. The van der Waals surface area contributed by atoms with Gasteiger partial charge in [0.2, 0.25) is 0 Å². The predicted octanol–water partition coefficient (Wildman–Crippen LogP) is 1.51. The molecular weight excluding hydrogens is 308 g/mol. The van der Waals surface area contributed by atoms with Crippen LogP contribution in [0.4, 0.5) is 5.69 Å². The lowest BCUT2D eigenvalue weighted by atomic mass is 10.2. The maximum atomic E-state index is 12.0. The fourth-order valence-electron chi connectivity index (χ4n) is 2.44. The third-order valence-electron chi connectivity index (χ3n) is 3.57. The van der Waals surface area contributed by atoms with E-state index in [0.29, 0.717) is 16.6 Å². The molecule has 1 unspecified atom stereocenters. The summed E-state index contributed by atoms with van der Waals surface area (Å²) in [6.07, 6.45) is 4.19. The molecule has 1 fully saturated rings. The maximum Gasteiger partial charge on any atom is 0.282 e. The molecule has 5 nitrogen and oxygen atoms in total. The maximum absolute atomic E-state index is 12.0. The summed E-state index contributed by atoms with van der Waals surface area (Å²) in [6, 6.07) is 0.825. The molecule has 1 aliphatic heterocycles. The van der Waals surface area contributed by atoms with E-state index in [2.05, 4.69) is 45.1 Å². The molecule has 0 spiro atoms. The van der Waals surface area contributed by atoms with Crippen LogP contribution in [0.25, 0.3) is 0 Å². The highest BCUT2D eigenvalue weighted by Crippen LogP contribution is 2.24. The van der Waals surface area contributed by atoms with Gasteiger partial charge in [0.05, 0.1) is 11.9 Å². The molecule has 106 valence electrons. The van der Waals surface area contributed by atoms with Crippen molar-refractivity contribution < 1.29 is 0 Å². The number of hydrogen-bond donors (Lipinski definition) is 1. The van der Waals surface area contributed by atoms with Crippen molar-refractivity contribution in [2.45, 2.75) is 38.8 Å². The number of aryl methyl sites for hydroxylation is 1. The predicted molar refractivity (Wildman–Crippen MR) is 80.7 cm³/mol. The number of aromatic nitrogens is 2. The first-order valence-electron chi connectivity index (χ1n) is 6.72. The molecule has 0 bridgehead atoms. The molecule has 0 saturated carbocycles. The minimum atomic E-state index is -0.0949. The van der Waals surface area contributed by atoms with Crippen LogP contribution in [0.2, 0.25) is 0 Å². The van der Waals surface area contributed by atoms with Gasteiger partial charge in [0.15, 0.2) is 0 Å². The quantitative estimate of drug-likeness (QED) is 0.910. The summed E-state index contributed by atoms with van der Waals surface area (Å²) in [5.74, 6) is 0. The van der Waals surface area contributed by atoms with Crippen LogP contribution in [0.3, 0.4) is 0 Å². The molecule has 1 aromatic rings. The van der Waals surface area contributed by atoms with E-state index in [1.165, 1.54) is 17.5 Å². The average molecular weight is 329 g/mol. The molecule has 19 heavy (non-hydrogen) atoms. The summed E-state index contributed by atoms with van der Waals surface area (Å²) in [5.41, 5.74) is 0.786. The Hall–Kier alpha value is -0.880. The van der Waals surface area contributed by atoms with Gasteiger partial charge in [-0.2, -0.15) is 5.10 Å². The zero-order valence-corrected chi connectivity index (χ0v) is 13.3. The van der Waals surface area contributed by atoms with Crippen LogP contribution in [0.15, 0.2) is 15.5 Å². The van der Waals surface area contributed by atoms with Crippen molar-refractivity contribution >= 4 is 21.6 Å². The summed E-state index contributed by atoms with van der Waals surface area (Å²) >= 11 is 3.41. The summed E-state index contributed by atoms with van der Waals surface area (Å²) < 4.78 is 1.94. The Bertz CT molecular complexity index is 494. The first-order chi connectivity index (χ1) is 9.00. The summed E-state index contributed by atoms with van der Waals surface area (Å²) in [6.45, 7) is 6.27.